The molecule has 39 heavy (non-hydrogen) atoms. The summed E-state index contributed by atoms with van der Waals surface area (Å²) in [5.41, 5.74) is 0.216. The van der Waals surface area contributed by atoms with Crippen molar-refractivity contribution in [3.05, 3.63) is 77.8 Å². The molecular weight excluding hydrogens is 520 g/mol. The van der Waals surface area contributed by atoms with Gasteiger partial charge in [0, 0.05) is 44.4 Å². The first-order chi connectivity index (χ1) is 18.3. The Morgan fingerprint density at radius 1 is 1.18 bits per heavy atom. The van der Waals surface area contributed by atoms with E-state index in [1.807, 2.05) is 34.9 Å². The molecule has 0 radical (unpaired) electrons. The Bertz CT molecular complexity index is 1300. The third-order valence-electron chi connectivity index (χ3n) is 7.86. The van der Waals surface area contributed by atoms with Crippen molar-refractivity contribution in [1.82, 2.24) is 14.9 Å². The third-order valence-corrected chi connectivity index (χ3v) is 12.4. The molecule has 1 atom stereocenters. The van der Waals surface area contributed by atoms with E-state index < -0.39 is 37.7 Å². The van der Waals surface area contributed by atoms with E-state index in [-0.39, 0.29) is 16.3 Å². The van der Waals surface area contributed by atoms with Crippen molar-refractivity contribution in [1.29, 1.82) is 0 Å². The van der Waals surface area contributed by atoms with Crippen molar-refractivity contribution in [2.45, 2.75) is 69.9 Å². The maximum absolute atomic E-state index is 14.9. The molecule has 1 unspecified atom stereocenters. The number of amides is 1. The van der Waals surface area contributed by atoms with E-state index in [0.29, 0.717) is 38.4 Å². The minimum absolute atomic E-state index is 0.00322. The SMILES string of the molecule is CC(C)(C)[Si](C)(C)OC1(C(NC(=O)O)c2nc(-c3cc(F)ccc3F)cn2Cc2ccccc2)CCOCC1. The van der Waals surface area contributed by atoms with Gasteiger partial charge in [0.25, 0.3) is 0 Å². The van der Waals surface area contributed by atoms with Crippen molar-refractivity contribution >= 4 is 14.4 Å². The van der Waals surface area contributed by atoms with E-state index in [2.05, 4.69) is 39.2 Å². The number of nitrogens with one attached hydrogen (secondary N) is 1. The maximum atomic E-state index is 14.9. The molecule has 0 spiro atoms. The maximum Gasteiger partial charge on any atom is 0.405 e. The van der Waals surface area contributed by atoms with Gasteiger partial charge in [-0.25, -0.2) is 18.6 Å². The first-order valence-electron chi connectivity index (χ1n) is 13.2. The molecule has 210 valence electrons. The van der Waals surface area contributed by atoms with Gasteiger partial charge in [-0.05, 0) is 41.9 Å². The van der Waals surface area contributed by atoms with Crippen LogP contribution in [-0.2, 0) is 15.7 Å². The van der Waals surface area contributed by atoms with Crippen molar-refractivity contribution in [3.8, 4) is 11.3 Å². The van der Waals surface area contributed by atoms with Crippen LogP contribution in [0.5, 0.6) is 0 Å². The number of nitrogens with zero attached hydrogens (tertiary/aromatic N) is 2. The van der Waals surface area contributed by atoms with Crippen LogP contribution in [0.1, 0.15) is 51.0 Å². The van der Waals surface area contributed by atoms with Crippen LogP contribution in [0.4, 0.5) is 13.6 Å². The molecule has 0 aliphatic carbocycles. The number of aromatic nitrogens is 2. The molecule has 0 saturated carbocycles. The van der Waals surface area contributed by atoms with Crippen LogP contribution in [0.3, 0.4) is 0 Å². The lowest BCUT2D eigenvalue weighted by Gasteiger charge is -2.50. The van der Waals surface area contributed by atoms with Gasteiger partial charge in [-0.3, -0.25) is 0 Å². The molecule has 10 heteroatoms. The van der Waals surface area contributed by atoms with Crippen molar-refractivity contribution in [3.63, 3.8) is 0 Å². The number of rotatable bonds is 8. The highest BCUT2D eigenvalue weighted by atomic mass is 28.4. The molecule has 1 amide bonds. The number of hydrogen-bond acceptors (Lipinski definition) is 4. The molecule has 1 aliphatic heterocycles. The zero-order valence-electron chi connectivity index (χ0n) is 23.1. The summed E-state index contributed by atoms with van der Waals surface area (Å²) in [4.78, 5) is 17.0. The fourth-order valence-electron chi connectivity index (χ4n) is 4.77. The number of carboxylic acid groups (broad SMARTS) is 1. The predicted molar refractivity (Wildman–Crippen MR) is 148 cm³/mol. The minimum Gasteiger partial charge on any atom is -0.465 e. The largest absolute Gasteiger partial charge is 0.465 e. The molecule has 2 N–H and O–H groups in total. The summed E-state index contributed by atoms with van der Waals surface area (Å²) in [7, 11) is -2.41. The van der Waals surface area contributed by atoms with Crippen molar-refractivity contribution < 1.29 is 27.8 Å². The van der Waals surface area contributed by atoms with Crippen LogP contribution in [0.25, 0.3) is 11.3 Å². The summed E-state index contributed by atoms with van der Waals surface area (Å²) in [5, 5.41) is 12.6. The summed E-state index contributed by atoms with van der Waals surface area (Å²) in [5.74, 6) is -0.832. The number of hydrogen-bond donors (Lipinski definition) is 2. The Morgan fingerprint density at radius 2 is 1.85 bits per heavy atom. The smallest absolute Gasteiger partial charge is 0.405 e. The van der Waals surface area contributed by atoms with Crippen LogP contribution in [0.2, 0.25) is 18.1 Å². The number of benzene rings is 2. The molecule has 3 aromatic rings. The zero-order valence-corrected chi connectivity index (χ0v) is 24.1. The van der Waals surface area contributed by atoms with Gasteiger partial charge in [0.1, 0.15) is 23.5 Å². The fourth-order valence-corrected chi connectivity index (χ4v) is 6.42. The van der Waals surface area contributed by atoms with Crippen molar-refractivity contribution in [2.24, 2.45) is 0 Å². The van der Waals surface area contributed by atoms with Gasteiger partial charge >= 0.3 is 6.09 Å². The summed E-state index contributed by atoms with van der Waals surface area (Å²) in [6, 6.07) is 12.0. The molecule has 1 aromatic heterocycles. The van der Waals surface area contributed by atoms with E-state index in [0.717, 1.165) is 23.8 Å². The van der Waals surface area contributed by atoms with Crippen LogP contribution in [0, 0.1) is 11.6 Å². The highest BCUT2D eigenvalue weighted by Gasteiger charge is 2.51. The second-order valence-electron chi connectivity index (χ2n) is 11.6. The second-order valence-corrected chi connectivity index (χ2v) is 16.4. The number of halogens is 2. The van der Waals surface area contributed by atoms with Gasteiger partial charge in [0.05, 0.1) is 11.3 Å². The Hall–Kier alpha value is -3.08. The fraction of sp³-hybridized carbons (Fsp3) is 0.448. The van der Waals surface area contributed by atoms with Gasteiger partial charge in [-0.15, -0.1) is 0 Å². The number of ether oxygens (including phenoxy) is 1. The Morgan fingerprint density at radius 3 is 2.46 bits per heavy atom. The molecule has 1 fully saturated rings. The zero-order chi connectivity index (χ0) is 28.4. The molecule has 2 heterocycles. The van der Waals surface area contributed by atoms with Gasteiger partial charge in [0.15, 0.2) is 8.32 Å². The minimum atomic E-state index is -2.41. The topological polar surface area (TPSA) is 85.6 Å². The highest BCUT2D eigenvalue weighted by molar-refractivity contribution is 6.74. The van der Waals surface area contributed by atoms with Crippen LogP contribution in [0.15, 0.2) is 54.7 Å². The first kappa shape index (κ1) is 28.9. The third kappa shape index (κ3) is 6.39. The first-order valence-corrected chi connectivity index (χ1v) is 16.1. The average Bonchev–Trinajstić information content (AvgIpc) is 3.27. The Kier molecular flexibility index (Phi) is 8.29. The van der Waals surface area contributed by atoms with Gasteiger partial charge in [-0.2, -0.15) is 0 Å². The lowest BCUT2D eigenvalue weighted by molar-refractivity contribution is -0.0774. The van der Waals surface area contributed by atoms with Crippen LogP contribution in [-0.4, -0.2) is 47.9 Å². The molecule has 4 rings (SSSR count). The van der Waals surface area contributed by atoms with Crippen LogP contribution < -0.4 is 5.32 Å². The highest BCUT2D eigenvalue weighted by Crippen LogP contribution is 2.46. The Balaban J connectivity index is 1.91. The molecule has 7 nitrogen and oxygen atoms in total. The van der Waals surface area contributed by atoms with E-state index in [9.17, 15) is 18.7 Å². The Labute approximate surface area is 229 Å². The average molecular weight is 558 g/mol. The summed E-state index contributed by atoms with van der Waals surface area (Å²) < 4.78 is 43.6. The van der Waals surface area contributed by atoms with Crippen molar-refractivity contribution in [2.75, 3.05) is 13.2 Å². The molecular formula is C29H37F2N3O4Si. The lowest BCUT2D eigenvalue weighted by Crippen LogP contribution is -2.58. The van der Waals surface area contributed by atoms with Gasteiger partial charge < -0.3 is 24.2 Å². The predicted octanol–water partition coefficient (Wildman–Crippen LogP) is 6.76. The van der Waals surface area contributed by atoms with E-state index in [1.165, 1.54) is 0 Å². The summed E-state index contributed by atoms with van der Waals surface area (Å²) in [6.07, 6.45) is 1.33. The standard InChI is InChI=1S/C29H37F2N3O4Si/c1-28(2,3)39(4,5)38-29(13-15-37-16-14-29)25(33-27(35)36)26-32-24(22-17-21(30)11-12-23(22)31)19-34(26)18-20-9-7-6-8-10-20/h6-12,17,19,25,33H,13-16,18H2,1-5H3,(H,35,36). The van der Waals surface area contributed by atoms with E-state index in [4.69, 9.17) is 14.1 Å². The summed E-state index contributed by atoms with van der Waals surface area (Å²) in [6.45, 7) is 11.8. The number of carbonyl (C=O) groups is 1. The van der Waals surface area contributed by atoms with E-state index >= 15 is 0 Å². The van der Waals surface area contributed by atoms with E-state index in [1.54, 1.807) is 6.20 Å². The molecule has 2 aromatic carbocycles. The normalized spacial score (nSPS) is 16.6. The van der Waals surface area contributed by atoms with Crippen LogP contribution >= 0.6 is 0 Å². The quantitative estimate of drug-likeness (QED) is 0.299. The lowest BCUT2D eigenvalue weighted by atomic mass is 9.85. The second kappa shape index (κ2) is 11.2. The van der Waals surface area contributed by atoms with Gasteiger partial charge in [0.2, 0.25) is 0 Å². The molecule has 1 saturated heterocycles. The molecule has 0 bridgehead atoms. The van der Waals surface area contributed by atoms with Gasteiger partial charge in [-0.1, -0.05) is 51.1 Å². The molecule has 1 aliphatic rings. The summed E-state index contributed by atoms with van der Waals surface area (Å²) >= 11 is 0. The monoisotopic (exact) mass is 557 g/mol. The number of imidazole rings is 1.